The number of nitrogens with zero attached hydrogens (tertiary/aromatic N) is 1. The minimum Gasteiger partial charge on any atom is -0.481 e. The van der Waals surface area contributed by atoms with Gasteiger partial charge in [-0.2, -0.15) is 0 Å². The van der Waals surface area contributed by atoms with Gasteiger partial charge in [0.1, 0.15) is 0 Å². The van der Waals surface area contributed by atoms with Crippen molar-refractivity contribution in [1.29, 1.82) is 0 Å². The van der Waals surface area contributed by atoms with Crippen LogP contribution in [0.2, 0.25) is 0 Å². The molecule has 15 heavy (non-hydrogen) atoms. The summed E-state index contributed by atoms with van der Waals surface area (Å²) in [5.74, 6) is -0.962. The maximum absolute atomic E-state index is 11.4. The predicted octanol–water partition coefficient (Wildman–Crippen LogP) is 1.11. The van der Waals surface area contributed by atoms with Gasteiger partial charge < -0.3 is 14.7 Å². The number of rotatable bonds is 3. The Balaban J connectivity index is 2.48. The molecule has 1 rings (SSSR count). The van der Waals surface area contributed by atoms with Crippen molar-refractivity contribution >= 4 is 12.1 Å². The number of carboxylic acid groups (broad SMARTS) is 1. The molecule has 0 aromatic rings. The van der Waals surface area contributed by atoms with Crippen molar-refractivity contribution in [2.24, 2.45) is 5.92 Å². The zero-order valence-corrected chi connectivity index (χ0v) is 8.68. The molecule has 1 aliphatic rings. The molecule has 5 nitrogen and oxygen atoms in total. The third kappa shape index (κ3) is 3.61. The molecule has 84 valence electrons. The van der Waals surface area contributed by atoms with E-state index in [-0.39, 0.29) is 18.4 Å². The van der Waals surface area contributed by atoms with Crippen molar-refractivity contribution in [2.75, 3.05) is 19.7 Å². The number of amides is 1. The van der Waals surface area contributed by atoms with E-state index in [0.717, 1.165) is 0 Å². The Hall–Kier alpha value is -1.52. The Morgan fingerprint density at radius 2 is 2.33 bits per heavy atom. The Morgan fingerprint density at radius 3 is 2.93 bits per heavy atom. The number of carbonyl (C=O) groups is 2. The monoisotopic (exact) mass is 213 g/mol. The fourth-order valence-electron chi connectivity index (χ4n) is 1.52. The van der Waals surface area contributed by atoms with Crippen LogP contribution in [0.25, 0.3) is 0 Å². The normalized spacial score (nSPS) is 20.1. The molecule has 1 atom stereocenters. The third-order valence-corrected chi connectivity index (χ3v) is 2.15. The topological polar surface area (TPSA) is 66.8 Å². The molecule has 0 fully saturated rings. The number of aliphatic carboxylic acids is 1. The SMILES string of the molecule is CCOC(=O)N1CC=CC(CC(=O)O)C1. The lowest BCUT2D eigenvalue weighted by Gasteiger charge is -2.27. The van der Waals surface area contributed by atoms with Crippen molar-refractivity contribution in [3.63, 3.8) is 0 Å². The predicted molar refractivity (Wildman–Crippen MR) is 53.5 cm³/mol. The molecule has 0 saturated heterocycles. The summed E-state index contributed by atoms with van der Waals surface area (Å²) in [6.45, 7) is 2.99. The molecule has 0 radical (unpaired) electrons. The van der Waals surface area contributed by atoms with Crippen LogP contribution < -0.4 is 0 Å². The molecule has 0 aliphatic carbocycles. The van der Waals surface area contributed by atoms with Gasteiger partial charge in [-0.15, -0.1) is 0 Å². The second-order valence-corrected chi connectivity index (χ2v) is 3.39. The smallest absolute Gasteiger partial charge is 0.410 e. The van der Waals surface area contributed by atoms with Crippen molar-refractivity contribution in [3.05, 3.63) is 12.2 Å². The summed E-state index contributed by atoms with van der Waals surface area (Å²) in [5, 5.41) is 8.63. The van der Waals surface area contributed by atoms with Crippen LogP contribution in [-0.2, 0) is 9.53 Å². The first-order valence-corrected chi connectivity index (χ1v) is 4.93. The van der Waals surface area contributed by atoms with E-state index in [0.29, 0.717) is 19.7 Å². The van der Waals surface area contributed by atoms with E-state index in [4.69, 9.17) is 9.84 Å². The van der Waals surface area contributed by atoms with Gasteiger partial charge in [-0.3, -0.25) is 4.79 Å². The fraction of sp³-hybridized carbons (Fsp3) is 0.600. The Morgan fingerprint density at radius 1 is 1.60 bits per heavy atom. The number of ether oxygens (including phenoxy) is 1. The Labute approximate surface area is 88.3 Å². The second-order valence-electron chi connectivity index (χ2n) is 3.39. The van der Waals surface area contributed by atoms with Crippen molar-refractivity contribution in [2.45, 2.75) is 13.3 Å². The summed E-state index contributed by atoms with van der Waals surface area (Å²) in [6.07, 6.45) is 3.31. The van der Waals surface area contributed by atoms with Crippen molar-refractivity contribution in [1.82, 2.24) is 4.90 Å². The Kier molecular flexibility index (Phi) is 4.15. The molecule has 0 aromatic carbocycles. The van der Waals surface area contributed by atoms with E-state index in [2.05, 4.69) is 0 Å². The molecule has 0 bridgehead atoms. The van der Waals surface area contributed by atoms with Crippen LogP contribution in [0, 0.1) is 5.92 Å². The second kappa shape index (κ2) is 5.38. The number of hydrogen-bond donors (Lipinski definition) is 1. The first-order valence-electron chi connectivity index (χ1n) is 4.93. The van der Waals surface area contributed by atoms with E-state index in [1.807, 2.05) is 6.08 Å². The molecule has 0 saturated carbocycles. The van der Waals surface area contributed by atoms with Crippen molar-refractivity contribution < 1.29 is 19.4 Å². The van der Waals surface area contributed by atoms with Gasteiger partial charge in [0.2, 0.25) is 0 Å². The van der Waals surface area contributed by atoms with Crippen molar-refractivity contribution in [3.8, 4) is 0 Å². The van der Waals surface area contributed by atoms with Gasteiger partial charge in [0.25, 0.3) is 0 Å². The number of hydrogen-bond acceptors (Lipinski definition) is 3. The molecule has 1 aliphatic heterocycles. The van der Waals surface area contributed by atoms with Crippen LogP contribution >= 0.6 is 0 Å². The number of carbonyl (C=O) groups excluding carboxylic acids is 1. The zero-order chi connectivity index (χ0) is 11.3. The standard InChI is InChI=1S/C10H15NO4/c1-2-15-10(14)11-5-3-4-8(7-11)6-9(12)13/h3-4,8H,2,5-7H2,1H3,(H,12,13). The lowest BCUT2D eigenvalue weighted by atomic mass is 10.0. The maximum Gasteiger partial charge on any atom is 0.410 e. The highest BCUT2D eigenvalue weighted by molar-refractivity contribution is 5.69. The highest BCUT2D eigenvalue weighted by Gasteiger charge is 2.22. The van der Waals surface area contributed by atoms with Crippen LogP contribution in [0.3, 0.4) is 0 Å². The van der Waals surface area contributed by atoms with Gasteiger partial charge in [0.05, 0.1) is 13.0 Å². The van der Waals surface area contributed by atoms with E-state index in [1.165, 1.54) is 4.90 Å². The van der Waals surface area contributed by atoms with Gasteiger partial charge in [0, 0.05) is 19.0 Å². The summed E-state index contributed by atoms with van der Waals surface area (Å²) in [7, 11) is 0. The van der Waals surface area contributed by atoms with Gasteiger partial charge in [-0.1, -0.05) is 12.2 Å². The first kappa shape index (κ1) is 11.6. The van der Waals surface area contributed by atoms with Crippen LogP contribution in [0.1, 0.15) is 13.3 Å². The van der Waals surface area contributed by atoms with Gasteiger partial charge in [-0.25, -0.2) is 4.79 Å². The quantitative estimate of drug-likeness (QED) is 0.713. The lowest BCUT2D eigenvalue weighted by molar-refractivity contribution is -0.137. The van der Waals surface area contributed by atoms with Gasteiger partial charge >= 0.3 is 12.1 Å². The summed E-state index contributed by atoms with van der Waals surface area (Å²) in [5.41, 5.74) is 0. The molecule has 0 aromatic heterocycles. The average molecular weight is 213 g/mol. The van der Waals surface area contributed by atoms with E-state index >= 15 is 0 Å². The van der Waals surface area contributed by atoms with Gasteiger partial charge in [0.15, 0.2) is 0 Å². The Bertz CT molecular complexity index is 275. The number of carboxylic acids is 1. The third-order valence-electron chi connectivity index (χ3n) is 2.15. The summed E-state index contributed by atoms with van der Waals surface area (Å²) < 4.78 is 4.84. The minimum absolute atomic E-state index is 0.0480. The van der Waals surface area contributed by atoms with Crippen LogP contribution in [0.4, 0.5) is 4.79 Å². The lowest BCUT2D eigenvalue weighted by Crippen LogP contribution is -2.38. The summed E-state index contributed by atoms with van der Waals surface area (Å²) >= 11 is 0. The molecule has 1 amide bonds. The molecule has 1 heterocycles. The molecule has 0 spiro atoms. The molecular formula is C10H15NO4. The van der Waals surface area contributed by atoms with E-state index in [1.54, 1.807) is 13.0 Å². The molecular weight excluding hydrogens is 198 g/mol. The van der Waals surface area contributed by atoms with E-state index < -0.39 is 5.97 Å². The molecule has 1 unspecified atom stereocenters. The maximum atomic E-state index is 11.4. The summed E-state index contributed by atoms with van der Waals surface area (Å²) in [6, 6.07) is 0. The average Bonchev–Trinajstić information content (AvgIpc) is 2.17. The highest BCUT2D eigenvalue weighted by atomic mass is 16.6. The first-order chi connectivity index (χ1) is 7.13. The molecule has 5 heteroatoms. The zero-order valence-electron chi connectivity index (χ0n) is 8.68. The highest BCUT2D eigenvalue weighted by Crippen LogP contribution is 2.14. The largest absolute Gasteiger partial charge is 0.481 e. The van der Waals surface area contributed by atoms with Crippen LogP contribution in [0.5, 0.6) is 0 Å². The summed E-state index contributed by atoms with van der Waals surface area (Å²) in [4.78, 5) is 23.4. The van der Waals surface area contributed by atoms with E-state index in [9.17, 15) is 9.59 Å². The molecule has 1 N–H and O–H groups in total. The van der Waals surface area contributed by atoms with Gasteiger partial charge in [-0.05, 0) is 6.92 Å². The fourth-order valence-corrected chi connectivity index (χ4v) is 1.52. The minimum atomic E-state index is -0.852. The van der Waals surface area contributed by atoms with Crippen LogP contribution in [0.15, 0.2) is 12.2 Å². The van der Waals surface area contributed by atoms with Crippen LogP contribution in [-0.4, -0.2) is 41.8 Å².